The molecular formula is C20H17N3O2S. The van der Waals surface area contributed by atoms with Crippen molar-refractivity contribution < 1.29 is 9.59 Å². The molecule has 2 heterocycles. The average molecular weight is 363 g/mol. The van der Waals surface area contributed by atoms with Crippen LogP contribution in [0.15, 0.2) is 47.8 Å². The summed E-state index contributed by atoms with van der Waals surface area (Å²) < 4.78 is 0. The SMILES string of the molecule is Cc1cccc(C(=O)NCc2nc(-c3ccc4c(c3)CC(=O)N4)cs2)c1. The van der Waals surface area contributed by atoms with Crippen molar-refractivity contribution in [3.8, 4) is 11.3 Å². The number of carbonyl (C=O) groups excluding carboxylic acids is 2. The zero-order valence-electron chi connectivity index (χ0n) is 14.2. The van der Waals surface area contributed by atoms with Crippen molar-refractivity contribution in [1.29, 1.82) is 0 Å². The number of hydrogen-bond donors (Lipinski definition) is 2. The minimum absolute atomic E-state index is 0.0231. The van der Waals surface area contributed by atoms with Crippen LogP contribution in [0.3, 0.4) is 0 Å². The Labute approximate surface area is 155 Å². The molecule has 1 aliphatic rings. The number of nitrogens with one attached hydrogen (secondary N) is 2. The fraction of sp³-hybridized carbons (Fsp3) is 0.150. The first-order chi connectivity index (χ1) is 12.6. The Morgan fingerprint density at radius 3 is 3.00 bits per heavy atom. The van der Waals surface area contributed by atoms with Crippen LogP contribution in [0.5, 0.6) is 0 Å². The standard InChI is InChI=1S/C20H17N3O2S/c1-12-3-2-4-14(7-12)20(25)21-10-19-23-17(11-26-19)13-5-6-16-15(8-13)9-18(24)22-16/h2-8,11H,9-10H2,1H3,(H,21,25)(H,22,24). The number of carbonyl (C=O) groups is 2. The van der Waals surface area contributed by atoms with Crippen LogP contribution in [0.1, 0.15) is 26.5 Å². The molecule has 1 aromatic heterocycles. The van der Waals surface area contributed by atoms with Gasteiger partial charge >= 0.3 is 0 Å². The van der Waals surface area contributed by atoms with Gasteiger partial charge in [-0.05, 0) is 36.8 Å². The number of thiazole rings is 1. The lowest BCUT2D eigenvalue weighted by atomic mass is 10.1. The van der Waals surface area contributed by atoms with Gasteiger partial charge in [0.05, 0.1) is 18.7 Å². The van der Waals surface area contributed by atoms with Crippen molar-refractivity contribution in [2.75, 3.05) is 5.32 Å². The van der Waals surface area contributed by atoms with E-state index in [0.29, 0.717) is 18.5 Å². The summed E-state index contributed by atoms with van der Waals surface area (Å²) in [6, 6.07) is 13.4. The third-order valence-corrected chi connectivity index (χ3v) is 5.11. The van der Waals surface area contributed by atoms with Gasteiger partial charge in [-0.2, -0.15) is 0 Å². The molecule has 2 aromatic carbocycles. The van der Waals surface area contributed by atoms with E-state index in [4.69, 9.17) is 0 Å². The van der Waals surface area contributed by atoms with E-state index in [9.17, 15) is 9.59 Å². The molecule has 0 spiro atoms. The molecular weight excluding hydrogens is 346 g/mol. The molecule has 4 rings (SSSR count). The molecule has 0 saturated carbocycles. The minimum Gasteiger partial charge on any atom is -0.346 e. The van der Waals surface area contributed by atoms with Crippen LogP contribution >= 0.6 is 11.3 Å². The van der Waals surface area contributed by atoms with E-state index in [-0.39, 0.29) is 11.8 Å². The summed E-state index contributed by atoms with van der Waals surface area (Å²) in [5, 5.41) is 8.55. The molecule has 0 unspecified atom stereocenters. The first-order valence-corrected chi connectivity index (χ1v) is 9.19. The summed E-state index contributed by atoms with van der Waals surface area (Å²) in [7, 11) is 0. The highest BCUT2D eigenvalue weighted by Crippen LogP contribution is 2.29. The summed E-state index contributed by atoms with van der Waals surface area (Å²) in [6.07, 6.45) is 0.409. The van der Waals surface area contributed by atoms with Gasteiger partial charge in [0.15, 0.2) is 0 Å². The predicted octanol–water partition coefficient (Wildman–Crippen LogP) is 3.54. The molecule has 0 fully saturated rings. The van der Waals surface area contributed by atoms with Crippen LogP contribution in [-0.4, -0.2) is 16.8 Å². The van der Waals surface area contributed by atoms with Gasteiger partial charge in [-0.1, -0.05) is 23.8 Å². The first kappa shape index (κ1) is 16.5. The van der Waals surface area contributed by atoms with Crippen LogP contribution in [-0.2, 0) is 17.8 Å². The van der Waals surface area contributed by atoms with E-state index in [0.717, 1.165) is 33.1 Å². The molecule has 0 aliphatic carbocycles. The number of amides is 2. The van der Waals surface area contributed by atoms with Crippen LogP contribution in [0.4, 0.5) is 5.69 Å². The average Bonchev–Trinajstić information content (AvgIpc) is 3.24. The van der Waals surface area contributed by atoms with Gasteiger partial charge in [0.1, 0.15) is 5.01 Å². The summed E-state index contributed by atoms with van der Waals surface area (Å²) in [4.78, 5) is 28.3. The molecule has 0 atom stereocenters. The number of rotatable bonds is 4. The van der Waals surface area contributed by atoms with Gasteiger partial charge in [0.2, 0.25) is 5.91 Å². The first-order valence-electron chi connectivity index (χ1n) is 8.31. The highest BCUT2D eigenvalue weighted by Gasteiger charge is 2.18. The summed E-state index contributed by atoms with van der Waals surface area (Å²) in [5.74, 6) is -0.0810. The van der Waals surface area contributed by atoms with Crippen molar-refractivity contribution in [2.24, 2.45) is 0 Å². The Hall–Kier alpha value is -2.99. The maximum atomic E-state index is 12.2. The number of aryl methyl sites for hydroxylation is 1. The molecule has 0 bridgehead atoms. The highest BCUT2D eigenvalue weighted by molar-refractivity contribution is 7.09. The van der Waals surface area contributed by atoms with Crippen molar-refractivity contribution in [3.05, 3.63) is 69.5 Å². The summed E-state index contributed by atoms with van der Waals surface area (Å²) in [5.41, 5.74) is 5.41. The lowest BCUT2D eigenvalue weighted by Crippen LogP contribution is -2.22. The van der Waals surface area contributed by atoms with Crippen molar-refractivity contribution in [2.45, 2.75) is 19.9 Å². The summed E-state index contributed by atoms with van der Waals surface area (Å²) in [6.45, 7) is 2.35. The minimum atomic E-state index is -0.104. The van der Waals surface area contributed by atoms with Crippen LogP contribution < -0.4 is 10.6 Å². The van der Waals surface area contributed by atoms with E-state index in [2.05, 4.69) is 15.6 Å². The van der Waals surface area contributed by atoms with Crippen LogP contribution in [0.2, 0.25) is 0 Å². The number of aromatic nitrogens is 1. The predicted molar refractivity (Wildman–Crippen MR) is 102 cm³/mol. The fourth-order valence-corrected chi connectivity index (χ4v) is 3.70. The van der Waals surface area contributed by atoms with E-state index < -0.39 is 0 Å². The normalized spacial score (nSPS) is 12.6. The molecule has 2 amide bonds. The third-order valence-electron chi connectivity index (χ3n) is 4.26. The number of benzene rings is 2. The maximum absolute atomic E-state index is 12.2. The monoisotopic (exact) mass is 363 g/mol. The van der Waals surface area contributed by atoms with Crippen molar-refractivity contribution in [3.63, 3.8) is 0 Å². The molecule has 26 heavy (non-hydrogen) atoms. The van der Waals surface area contributed by atoms with E-state index in [1.807, 2.05) is 48.7 Å². The van der Waals surface area contributed by atoms with Crippen LogP contribution in [0.25, 0.3) is 11.3 Å². The fourth-order valence-electron chi connectivity index (χ4n) is 2.96. The van der Waals surface area contributed by atoms with E-state index in [1.165, 1.54) is 11.3 Å². The van der Waals surface area contributed by atoms with E-state index in [1.54, 1.807) is 6.07 Å². The molecule has 0 radical (unpaired) electrons. The molecule has 2 N–H and O–H groups in total. The third kappa shape index (κ3) is 3.36. The van der Waals surface area contributed by atoms with Gasteiger partial charge in [-0.15, -0.1) is 11.3 Å². The molecule has 3 aromatic rings. The Morgan fingerprint density at radius 2 is 2.15 bits per heavy atom. The maximum Gasteiger partial charge on any atom is 0.251 e. The molecule has 0 saturated heterocycles. The van der Waals surface area contributed by atoms with Crippen molar-refractivity contribution >= 4 is 28.8 Å². The lowest BCUT2D eigenvalue weighted by molar-refractivity contribution is -0.115. The number of fused-ring (bicyclic) bond motifs is 1. The largest absolute Gasteiger partial charge is 0.346 e. The quantitative estimate of drug-likeness (QED) is 0.745. The molecule has 1 aliphatic heterocycles. The summed E-state index contributed by atoms with van der Waals surface area (Å²) >= 11 is 1.51. The highest BCUT2D eigenvalue weighted by atomic mass is 32.1. The van der Waals surface area contributed by atoms with Gasteiger partial charge < -0.3 is 10.6 Å². The smallest absolute Gasteiger partial charge is 0.251 e. The Kier molecular flexibility index (Phi) is 4.26. The second-order valence-corrected chi connectivity index (χ2v) is 7.22. The zero-order valence-corrected chi connectivity index (χ0v) is 15.0. The van der Waals surface area contributed by atoms with E-state index >= 15 is 0 Å². The van der Waals surface area contributed by atoms with Crippen LogP contribution in [0, 0.1) is 6.92 Å². The topological polar surface area (TPSA) is 71.1 Å². The molecule has 130 valence electrons. The van der Waals surface area contributed by atoms with Crippen molar-refractivity contribution in [1.82, 2.24) is 10.3 Å². The lowest BCUT2D eigenvalue weighted by Gasteiger charge is -2.04. The Bertz CT molecular complexity index is 1010. The molecule has 5 nitrogen and oxygen atoms in total. The second-order valence-electron chi connectivity index (χ2n) is 6.28. The number of nitrogens with zero attached hydrogens (tertiary/aromatic N) is 1. The number of anilines is 1. The van der Waals surface area contributed by atoms with Gasteiger partial charge in [-0.3, -0.25) is 9.59 Å². The number of hydrogen-bond acceptors (Lipinski definition) is 4. The van der Waals surface area contributed by atoms with Gasteiger partial charge in [-0.25, -0.2) is 4.98 Å². The second kappa shape index (κ2) is 6.72. The molecule has 6 heteroatoms. The van der Waals surface area contributed by atoms with Gasteiger partial charge in [0, 0.05) is 22.2 Å². The Morgan fingerprint density at radius 1 is 1.27 bits per heavy atom. The zero-order chi connectivity index (χ0) is 18.1. The Balaban J connectivity index is 1.45. The van der Waals surface area contributed by atoms with Gasteiger partial charge in [0.25, 0.3) is 5.91 Å².